The largest absolute Gasteiger partial charge is 0.366 e. The van der Waals surface area contributed by atoms with E-state index in [1.54, 1.807) is 6.07 Å². The molecule has 2 rings (SSSR count). The second kappa shape index (κ2) is 5.25. The van der Waals surface area contributed by atoms with E-state index < -0.39 is 0 Å². The number of carbonyl (C=O) groups excluding carboxylic acids is 1. The van der Waals surface area contributed by atoms with Crippen molar-refractivity contribution in [2.45, 2.75) is 13.0 Å². The van der Waals surface area contributed by atoms with Crippen molar-refractivity contribution in [3.05, 3.63) is 66.0 Å². The molecule has 0 aliphatic heterocycles. The summed E-state index contributed by atoms with van der Waals surface area (Å²) in [5.74, 6) is -0.376. The number of amides is 1. The van der Waals surface area contributed by atoms with Crippen LogP contribution in [0.25, 0.3) is 0 Å². The van der Waals surface area contributed by atoms with Crippen molar-refractivity contribution in [3.8, 4) is 0 Å². The van der Waals surface area contributed by atoms with Crippen LogP contribution < -0.4 is 10.3 Å². The third kappa shape index (κ3) is 3.14. The van der Waals surface area contributed by atoms with Crippen molar-refractivity contribution in [2.24, 2.45) is 5.73 Å². The second-order valence-electron chi connectivity index (χ2n) is 3.93. The molecule has 3 heteroatoms. The molecule has 1 aromatic heterocycles. The van der Waals surface area contributed by atoms with Gasteiger partial charge in [-0.3, -0.25) is 4.79 Å². The summed E-state index contributed by atoms with van der Waals surface area (Å²) in [6, 6.07) is 13.5. The van der Waals surface area contributed by atoms with Crippen LogP contribution in [0.3, 0.4) is 0 Å². The second-order valence-corrected chi connectivity index (χ2v) is 3.93. The van der Waals surface area contributed by atoms with Crippen LogP contribution in [0.15, 0.2) is 54.9 Å². The highest BCUT2D eigenvalue weighted by atomic mass is 16.1. The van der Waals surface area contributed by atoms with Crippen molar-refractivity contribution >= 4 is 5.91 Å². The molecule has 0 saturated carbocycles. The van der Waals surface area contributed by atoms with Crippen LogP contribution >= 0.6 is 0 Å². The minimum atomic E-state index is -0.376. The van der Waals surface area contributed by atoms with E-state index in [1.807, 2.05) is 48.8 Å². The van der Waals surface area contributed by atoms with Gasteiger partial charge < -0.3 is 5.73 Å². The average molecular weight is 227 g/mol. The zero-order valence-corrected chi connectivity index (χ0v) is 9.54. The molecule has 0 aliphatic carbocycles. The Hall–Kier alpha value is -2.16. The van der Waals surface area contributed by atoms with Gasteiger partial charge in [0.05, 0.1) is 0 Å². The molecule has 0 bridgehead atoms. The van der Waals surface area contributed by atoms with E-state index >= 15 is 0 Å². The van der Waals surface area contributed by atoms with Gasteiger partial charge in [-0.15, -0.1) is 0 Å². The lowest BCUT2D eigenvalue weighted by Gasteiger charge is -2.01. The topological polar surface area (TPSA) is 47.0 Å². The van der Waals surface area contributed by atoms with Gasteiger partial charge in [-0.1, -0.05) is 18.2 Å². The van der Waals surface area contributed by atoms with E-state index in [-0.39, 0.29) is 5.91 Å². The first-order valence-corrected chi connectivity index (χ1v) is 5.58. The molecule has 2 aromatic rings. The summed E-state index contributed by atoms with van der Waals surface area (Å²) in [6.07, 6.45) is 4.94. The Bertz CT molecular complexity index is 509. The highest BCUT2D eigenvalue weighted by Crippen LogP contribution is 2.05. The van der Waals surface area contributed by atoms with Crippen LogP contribution in [0.4, 0.5) is 0 Å². The Balaban J connectivity index is 2.04. The third-order valence-electron chi connectivity index (χ3n) is 2.65. The molecule has 17 heavy (non-hydrogen) atoms. The Kier molecular flexibility index (Phi) is 3.50. The molecular formula is C14H15N2O+. The minimum Gasteiger partial charge on any atom is -0.366 e. The Morgan fingerprint density at radius 1 is 1.12 bits per heavy atom. The lowest BCUT2D eigenvalue weighted by Crippen LogP contribution is -2.33. The van der Waals surface area contributed by atoms with E-state index in [9.17, 15) is 4.79 Å². The number of nitrogens with zero attached hydrogens (tertiary/aromatic N) is 1. The summed E-state index contributed by atoms with van der Waals surface area (Å²) >= 11 is 0. The number of rotatable bonds is 4. The van der Waals surface area contributed by atoms with Crippen LogP contribution in [-0.4, -0.2) is 5.91 Å². The molecule has 86 valence electrons. The van der Waals surface area contributed by atoms with E-state index in [4.69, 9.17) is 5.73 Å². The van der Waals surface area contributed by atoms with Crippen LogP contribution in [0.1, 0.15) is 15.9 Å². The number of hydrogen-bond donors (Lipinski definition) is 1. The number of nitrogens with two attached hydrogens (primary N) is 1. The van der Waals surface area contributed by atoms with E-state index in [1.165, 1.54) is 0 Å². The summed E-state index contributed by atoms with van der Waals surface area (Å²) in [5.41, 5.74) is 6.94. The van der Waals surface area contributed by atoms with E-state index in [0.29, 0.717) is 5.56 Å². The fourth-order valence-corrected chi connectivity index (χ4v) is 1.72. The normalized spacial score (nSPS) is 10.1. The number of primary amides is 1. The van der Waals surface area contributed by atoms with Crippen molar-refractivity contribution in [1.29, 1.82) is 0 Å². The lowest BCUT2D eigenvalue weighted by molar-refractivity contribution is -0.696. The monoisotopic (exact) mass is 227 g/mol. The quantitative estimate of drug-likeness (QED) is 0.787. The van der Waals surface area contributed by atoms with Gasteiger partial charge in [0.1, 0.15) is 0 Å². The molecular weight excluding hydrogens is 212 g/mol. The van der Waals surface area contributed by atoms with Crippen molar-refractivity contribution < 1.29 is 9.36 Å². The molecule has 0 radical (unpaired) electrons. The molecule has 1 heterocycles. The SMILES string of the molecule is NC(=O)c1cccc(CC[n+]2ccccc2)c1. The standard InChI is InChI=1S/C14H14N2O/c15-14(17)13-6-4-5-12(11-13)7-10-16-8-2-1-3-9-16/h1-6,8-9,11H,7,10H2,(H-,15,17)/p+1. The van der Waals surface area contributed by atoms with Gasteiger partial charge in [-0.25, -0.2) is 4.57 Å². The first-order valence-electron chi connectivity index (χ1n) is 5.58. The zero-order chi connectivity index (χ0) is 12.1. The summed E-state index contributed by atoms with van der Waals surface area (Å²) in [7, 11) is 0. The van der Waals surface area contributed by atoms with Crippen LogP contribution in [0, 0.1) is 0 Å². The van der Waals surface area contributed by atoms with Crippen molar-refractivity contribution in [3.63, 3.8) is 0 Å². The van der Waals surface area contributed by atoms with Crippen molar-refractivity contribution in [2.75, 3.05) is 0 Å². The first kappa shape index (κ1) is 11.3. The lowest BCUT2D eigenvalue weighted by atomic mass is 10.1. The van der Waals surface area contributed by atoms with E-state index in [0.717, 1.165) is 18.5 Å². The van der Waals surface area contributed by atoms with Gasteiger partial charge >= 0.3 is 0 Å². The number of hydrogen-bond acceptors (Lipinski definition) is 1. The summed E-state index contributed by atoms with van der Waals surface area (Å²) in [6.45, 7) is 0.892. The molecule has 1 aromatic carbocycles. The van der Waals surface area contributed by atoms with Crippen LogP contribution in [0.2, 0.25) is 0 Å². The molecule has 0 atom stereocenters. The highest BCUT2D eigenvalue weighted by molar-refractivity contribution is 5.92. The smallest absolute Gasteiger partial charge is 0.248 e. The highest BCUT2D eigenvalue weighted by Gasteiger charge is 2.03. The summed E-state index contributed by atoms with van der Waals surface area (Å²) in [4.78, 5) is 11.0. The number of aryl methyl sites for hydroxylation is 2. The summed E-state index contributed by atoms with van der Waals surface area (Å²) < 4.78 is 2.11. The van der Waals surface area contributed by atoms with Gasteiger partial charge in [-0.2, -0.15) is 0 Å². The van der Waals surface area contributed by atoms with Crippen LogP contribution in [0.5, 0.6) is 0 Å². The minimum absolute atomic E-state index is 0.376. The maximum absolute atomic E-state index is 11.0. The maximum Gasteiger partial charge on any atom is 0.248 e. The van der Waals surface area contributed by atoms with Gasteiger partial charge in [0.2, 0.25) is 5.91 Å². The fourth-order valence-electron chi connectivity index (χ4n) is 1.72. The summed E-state index contributed by atoms with van der Waals surface area (Å²) in [5, 5.41) is 0. The molecule has 3 nitrogen and oxygen atoms in total. The van der Waals surface area contributed by atoms with Crippen molar-refractivity contribution in [1.82, 2.24) is 0 Å². The maximum atomic E-state index is 11.0. The average Bonchev–Trinajstić information content (AvgIpc) is 2.38. The van der Waals surface area contributed by atoms with E-state index in [2.05, 4.69) is 4.57 Å². The molecule has 1 amide bonds. The van der Waals surface area contributed by atoms with Gasteiger partial charge in [0.25, 0.3) is 0 Å². The molecule has 0 spiro atoms. The molecule has 2 N–H and O–H groups in total. The third-order valence-corrected chi connectivity index (χ3v) is 2.65. The predicted molar refractivity (Wildman–Crippen MR) is 65.3 cm³/mol. The predicted octanol–water partition coefficient (Wildman–Crippen LogP) is 1.32. The molecule has 0 saturated heterocycles. The number of pyridine rings is 1. The zero-order valence-electron chi connectivity index (χ0n) is 9.54. The van der Waals surface area contributed by atoms with Gasteiger partial charge in [-0.05, 0) is 17.7 Å². The fraction of sp³-hybridized carbons (Fsp3) is 0.143. The Labute approximate surface area is 101 Å². The van der Waals surface area contributed by atoms with Gasteiger partial charge in [0.15, 0.2) is 18.9 Å². The number of aromatic nitrogens is 1. The Morgan fingerprint density at radius 3 is 2.59 bits per heavy atom. The van der Waals surface area contributed by atoms with Gasteiger partial charge in [0, 0.05) is 24.1 Å². The molecule has 0 unspecified atom stereocenters. The molecule has 0 aliphatic rings. The first-order chi connectivity index (χ1) is 8.25. The van der Waals surface area contributed by atoms with Crippen LogP contribution in [-0.2, 0) is 13.0 Å². The molecule has 0 fully saturated rings. The number of carbonyl (C=O) groups is 1. The Morgan fingerprint density at radius 2 is 1.88 bits per heavy atom. The number of benzene rings is 1.